The molecule has 0 amide bonds. The molecule has 0 saturated carbocycles. The lowest BCUT2D eigenvalue weighted by atomic mass is 10.00. The predicted molar refractivity (Wildman–Crippen MR) is 101 cm³/mol. The molecule has 3 nitrogen and oxygen atoms in total. The highest BCUT2D eigenvalue weighted by molar-refractivity contribution is 8.08. The average molecular weight is 367 g/mol. The highest BCUT2D eigenvalue weighted by atomic mass is 32.3. The number of aryl methyl sites for hydroxylation is 1. The number of rotatable bonds is 3. The molecule has 1 aliphatic heterocycles. The van der Waals surface area contributed by atoms with Crippen molar-refractivity contribution in [1.82, 2.24) is 3.71 Å². The molecular formula is C20H17NO2S2. The van der Waals surface area contributed by atoms with Gasteiger partial charge in [0, 0.05) is 4.90 Å². The number of sulfonamides is 1. The summed E-state index contributed by atoms with van der Waals surface area (Å²) in [7, 11) is -3.62. The summed E-state index contributed by atoms with van der Waals surface area (Å²) >= 11 is 1.29. The van der Waals surface area contributed by atoms with Gasteiger partial charge in [0.05, 0.1) is 10.9 Å². The molecule has 0 aromatic heterocycles. The van der Waals surface area contributed by atoms with Crippen LogP contribution >= 0.6 is 11.9 Å². The van der Waals surface area contributed by atoms with Crippen LogP contribution in [0.4, 0.5) is 0 Å². The minimum atomic E-state index is -3.62. The smallest absolute Gasteiger partial charge is 0.206 e. The lowest BCUT2D eigenvalue weighted by Crippen LogP contribution is -2.26. The number of nitrogens with zero attached hydrogens (tertiary/aromatic N) is 1. The SMILES string of the molecule is Cc1ccc(S(=O)(=O)N2Sc3ccccc3[C@H]2c2ccccc2)cc1. The monoisotopic (exact) mass is 367 g/mol. The number of hydrogen-bond acceptors (Lipinski definition) is 3. The molecule has 0 radical (unpaired) electrons. The molecule has 0 aliphatic carbocycles. The standard InChI is InChI=1S/C20H17NO2S2/c1-15-11-13-17(14-12-15)25(22,23)21-20(16-7-3-2-4-8-16)18-9-5-6-10-19(18)24-21/h2-14,20H,1H3/t20-/m1/s1. The summed E-state index contributed by atoms with van der Waals surface area (Å²) in [6.45, 7) is 1.95. The first-order chi connectivity index (χ1) is 12.1. The minimum absolute atomic E-state index is 0.319. The van der Waals surface area contributed by atoms with Gasteiger partial charge in [-0.3, -0.25) is 0 Å². The Morgan fingerprint density at radius 1 is 0.840 bits per heavy atom. The van der Waals surface area contributed by atoms with Crippen LogP contribution in [-0.2, 0) is 10.0 Å². The Labute approximate surface area is 152 Å². The van der Waals surface area contributed by atoms with Gasteiger partial charge in [-0.25, -0.2) is 8.42 Å². The molecule has 1 aliphatic rings. The van der Waals surface area contributed by atoms with Crippen LogP contribution in [0.1, 0.15) is 22.7 Å². The topological polar surface area (TPSA) is 37.4 Å². The molecule has 3 aromatic carbocycles. The Hall–Kier alpha value is -2.08. The van der Waals surface area contributed by atoms with Crippen LogP contribution in [0.5, 0.6) is 0 Å². The van der Waals surface area contributed by atoms with Crippen LogP contribution in [-0.4, -0.2) is 12.1 Å². The summed E-state index contributed by atoms with van der Waals surface area (Å²) in [6.07, 6.45) is 0. The van der Waals surface area contributed by atoms with E-state index in [9.17, 15) is 8.42 Å². The summed E-state index contributed by atoms with van der Waals surface area (Å²) < 4.78 is 28.1. The number of hydrogen-bond donors (Lipinski definition) is 0. The van der Waals surface area contributed by atoms with Gasteiger partial charge in [0.2, 0.25) is 0 Å². The predicted octanol–water partition coefficient (Wildman–Crippen LogP) is 4.80. The maximum absolute atomic E-state index is 13.3. The molecule has 0 bridgehead atoms. The molecule has 1 heterocycles. The largest absolute Gasteiger partial charge is 0.253 e. The van der Waals surface area contributed by atoms with Crippen molar-refractivity contribution in [1.29, 1.82) is 0 Å². The third-order valence-electron chi connectivity index (χ3n) is 4.28. The summed E-state index contributed by atoms with van der Waals surface area (Å²) in [6, 6.07) is 24.3. The van der Waals surface area contributed by atoms with E-state index in [0.717, 1.165) is 21.6 Å². The minimum Gasteiger partial charge on any atom is -0.206 e. The zero-order chi connectivity index (χ0) is 17.4. The van der Waals surface area contributed by atoms with E-state index in [2.05, 4.69) is 0 Å². The Kier molecular flexibility index (Phi) is 4.15. The van der Waals surface area contributed by atoms with Crippen molar-refractivity contribution in [2.75, 3.05) is 0 Å². The van der Waals surface area contributed by atoms with Crippen molar-refractivity contribution in [3.05, 3.63) is 95.6 Å². The van der Waals surface area contributed by atoms with Crippen molar-refractivity contribution < 1.29 is 8.42 Å². The van der Waals surface area contributed by atoms with E-state index in [4.69, 9.17) is 0 Å². The first kappa shape index (κ1) is 16.4. The van der Waals surface area contributed by atoms with Gasteiger partial charge in [-0.15, -0.1) is 3.71 Å². The molecule has 0 fully saturated rings. The van der Waals surface area contributed by atoms with Crippen molar-refractivity contribution >= 4 is 22.0 Å². The molecule has 0 N–H and O–H groups in total. The lowest BCUT2D eigenvalue weighted by Gasteiger charge is -2.23. The third-order valence-corrected chi connectivity index (χ3v) is 7.61. The quantitative estimate of drug-likeness (QED) is 0.624. The first-order valence-electron chi connectivity index (χ1n) is 8.00. The van der Waals surface area contributed by atoms with Crippen LogP contribution in [0.3, 0.4) is 0 Å². The average Bonchev–Trinajstić information content (AvgIpc) is 3.03. The number of fused-ring (bicyclic) bond motifs is 1. The second-order valence-electron chi connectivity index (χ2n) is 6.02. The molecule has 1 atom stereocenters. The fourth-order valence-electron chi connectivity index (χ4n) is 2.99. The van der Waals surface area contributed by atoms with Gasteiger partial charge in [-0.2, -0.15) is 0 Å². The lowest BCUT2D eigenvalue weighted by molar-refractivity contribution is 0.515. The second-order valence-corrected chi connectivity index (χ2v) is 9.08. The van der Waals surface area contributed by atoms with Gasteiger partial charge in [0.1, 0.15) is 0 Å². The second kappa shape index (κ2) is 6.33. The van der Waals surface area contributed by atoms with Gasteiger partial charge in [0.15, 0.2) is 0 Å². The third kappa shape index (κ3) is 2.88. The van der Waals surface area contributed by atoms with E-state index in [-0.39, 0.29) is 6.04 Å². The highest BCUT2D eigenvalue weighted by Gasteiger charge is 2.40. The summed E-state index contributed by atoms with van der Waals surface area (Å²) in [5, 5.41) is 0. The molecule has 0 saturated heterocycles. The van der Waals surface area contributed by atoms with Gasteiger partial charge in [0.25, 0.3) is 10.0 Å². The van der Waals surface area contributed by atoms with Crippen LogP contribution < -0.4 is 0 Å². The molecule has 4 rings (SSSR count). The van der Waals surface area contributed by atoms with Crippen molar-refractivity contribution in [3.63, 3.8) is 0 Å². The fourth-order valence-corrected chi connectivity index (χ4v) is 6.04. The zero-order valence-corrected chi connectivity index (χ0v) is 15.3. The maximum Gasteiger partial charge on any atom is 0.253 e. The van der Waals surface area contributed by atoms with Gasteiger partial charge in [-0.1, -0.05) is 66.2 Å². The summed E-state index contributed by atoms with van der Waals surface area (Å²) in [5.74, 6) is 0. The maximum atomic E-state index is 13.3. The molecule has 5 heteroatoms. The summed E-state index contributed by atoms with van der Waals surface area (Å²) in [5.41, 5.74) is 3.03. The van der Waals surface area contributed by atoms with E-state index in [0.29, 0.717) is 4.90 Å². The molecule has 3 aromatic rings. The van der Waals surface area contributed by atoms with Crippen LogP contribution in [0.15, 0.2) is 88.7 Å². The van der Waals surface area contributed by atoms with Crippen molar-refractivity contribution in [2.45, 2.75) is 22.8 Å². The molecule has 0 unspecified atom stereocenters. The van der Waals surface area contributed by atoms with Crippen LogP contribution in [0.25, 0.3) is 0 Å². The van der Waals surface area contributed by atoms with E-state index in [1.807, 2.05) is 73.7 Å². The Morgan fingerprint density at radius 3 is 2.20 bits per heavy atom. The van der Waals surface area contributed by atoms with Crippen LogP contribution in [0, 0.1) is 6.92 Å². The molecule has 126 valence electrons. The fraction of sp³-hybridized carbons (Fsp3) is 0.100. The molecular weight excluding hydrogens is 350 g/mol. The van der Waals surface area contributed by atoms with Gasteiger partial charge in [-0.05, 0) is 48.2 Å². The van der Waals surface area contributed by atoms with E-state index >= 15 is 0 Å². The van der Waals surface area contributed by atoms with Gasteiger partial charge < -0.3 is 0 Å². The van der Waals surface area contributed by atoms with Crippen molar-refractivity contribution in [3.8, 4) is 0 Å². The Balaban J connectivity index is 1.85. The highest BCUT2D eigenvalue weighted by Crippen LogP contribution is 2.50. The molecule has 25 heavy (non-hydrogen) atoms. The van der Waals surface area contributed by atoms with Crippen LogP contribution in [0.2, 0.25) is 0 Å². The Morgan fingerprint density at radius 2 is 1.48 bits per heavy atom. The Bertz CT molecular complexity index is 999. The van der Waals surface area contributed by atoms with E-state index < -0.39 is 10.0 Å². The van der Waals surface area contributed by atoms with E-state index in [1.54, 1.807) is 12.1 Å². The zero-order valence-electron chi connectivity index (χ0n) is 13.7. The van der Waals surface area contributed by atoms with Crippen molar-refractivity contribution in [2.24, 2.45) is 0 Å². The normalized spacial score (nSPS) is 17.4. The van der Waals surface area contributed by atoms with E-state index in [1.165, 1.54) is 15.7 Å². The molecule has 0 spiro atoms. The number of benzene rings is 3. The van der Waals surface area contributed by atoms with Gasteiger partial charge >= 0.3 is 0 Å². The summed E-state index contributed by atoms with van der Waals surface area (Å²) in [4.78, 5) is 1.30. The first-order valence-corrected chi connectivity index (χ1v) is 10.2.